The van der Waals surface area contributed by atoms with Crippen LogP contribution in [-0.2, 0) is 0 Å². The topological polar surface area (TPSA) is 79.4 Å². The number of hydrogen-bond acceptors (Lipinski definition) is 5. The minimum atomic E-state index is -0.870. The highest BCUT2D eigenvalue weighted by molar-refractivity contribution is 7.09. The maximum Gasteiger partial charge on any atom is 0.123 e. The molecule has 0 bridgehead atoms. The SMILES string of the molecule is C[C@@H](O)[C@H](N)[C@H](O)c1nccs1. The van der Waals surface area contributed by atoms with Gasteiger partial charge in [-0.3, -0.25) is 0 Å². The molecule has 0 spiro atoms. The molecule has 0 aliphatic rings. The van der Waals surface area contributed by atoms with Crippen molar-refractivity contribution in [3.63, 3.8) is 0 Å². The quantitative estimate of drug-likeness (QED) is 0.618. The highest BCUT2D eigenvalue weighted by atomic mass is 32.1. The second-order valence-corrected chi connectivity index (χ2v) is 3.56. The van der Waals surface area contributed by atoms with Crippen LogP contribution >= 0.6 is 11.3 Å². The molecule has 68 valence electrons. The summed E-state index contributed by atoms with van der Waals surface area (Å²) >= 11 is 1.32. The van der Waals surface area contributed by atoms with E-state index >= 15 is 0 Å². The fourth-order valence-corrected chi connectivity index (χ4v) is 1.49. The van der Waals surface area contributed by atoms with E-state index in [1.807, 2.05) is 0 Å². The van der Waals surface area contributed by atoms with E-state index in [9.17, 15) is 5.11 Å². The number of nitrogens with zero attached hydrogens (tertiary/aromatic N) is 1. The zero-order valence-electron chi connectivity index (χ0n) is 6.71. The molecule has 0 amide bonds. The van der Waals surface area contributed by atoms with Crippen molar-refractivity contribution in [3.8, 4) is 0 Å². The molecule has 0 unspecified atom stereocenters. The molecule has 0 aromatic carbocycles. The van der Waals surface area contributed by atoms with Gasteiger partial charge in [0, 0.05) is 11.6 Å². The van der Waals surface area contributed by atoms with E-state index in [0.717, 1.165) is 0 Å². The molecule has 0 saturated heterocycles. The van der Waals surface area contributed by atoms with Crippen molar-refractivity contribution in [2.24, 2.45) is 5.73 Å². The summed E-state index contributed by atoms with van der Waals surface area (Å²) in [7, 11) is 0. The first-order chi connectivity index (χ1) is 5.63. The van der Waals surface area contributed by atoms with E-state index in [2.05, 4.69) is 4.98 Å². The molecule has 0 aliphatic heterocycles. The Labute approximate surface area is 74.7 Å². The molecular formula is C7H12N2O2S. The highest BCUT2D eigenvalue weighted by Crippen LogP contribution is 2.19. The normalized spacial score (nSPS) is 18.7. The number of hydrogen-bond donors (Lipinski definition) is 3. The molecule has 1 heterocycles. The molecule has 4 N–H and O–H groups in total. The predicted octanol–water partition coefficient (Wildman–Crippen LogP) is -0.115. The van der Waals surface area contributed by atoms with Gasteiger partial charge in [-0.15, -0.1) is 11.3 Å². The summed E-state index contributed by atoms with van der Waals surface area (Å²) in [5, 5.41) is 20.9. The lowest BCUT2D eigenvalue weighted by Gasteiger charge is -2.18. The Balaban J connectivity index is 2.65. The number of thiazole rings is 1. The Hall–Kier alpha value is -0.490. The molecule has 0 aliphatic carbocycles. The summed E-state index contributed by atoms with van der Waals surface area (Å²) in [6.07, 6.45) is -0.00765. The third kappa shape index (κ3) is 2.01. The molecule has 5 heteroatoms. The average Bonchev–Trinajstić information content (AvgIpc) is 2.53. The van der Waals surface area contributed by atoms with Crippen molar-refractivity contribution in [1.82, 2.24) is 4.98 Å². The van der Waals surface area contributed by atoms with Crippen LogP contribution in [0.2, 0.25) is 0 Å². The third-order valence-corrected chi connectivity index (χ3v) is 2.47. The molecule has 3 atom stereocenters. The van der Waals surface area contributed by atoms with Gasteiger partial charge in [0.25, 0.3) is 0 Å². The van der Waals surface area contributed by atoms with Crippen molar-refractivity contribution in [1.29, 1.82) is 0 Å². The van der Waals surface area contributed by atoms with Crippen molar-refractivity contribution >= 4 is 11.3 Å². The van der Waals surface area contributed by atoms with Gasteiger partial charge in [0.15, 0.2) is 0 Å². The van der Waals surface area contributed by atoms with E-state index in [1.165, 1.54) is 11.3 Å². The first kappa shape index (κ1) is 9.60. The largest absolute Gasteiger partial charge is 0.392 e. The summed E-state index contributed by atoms with van der Waals surface area (Å²) in [6.45, 7) is 1.54. The maximum atomic E-state index is 9.51. The number of nitrogens with two attached hydrogens (primary N) is 1. The highest BCUT2D eigenvalue weighted by Gasteiger charge is 2.22. The van der Waals surface area contributed by atoms with Crippen LogP contribution in [0, 0.1) is 0 Å². The van der Waals surface area contributed by atoms with Crippen LogP contribution in [-0.4, -0.2) is 27.3 Å². The van der Waals surface area contributed by atoms with Gasteiger partial charge < -0.3 is 15.9 Å². The third-order valence-electron chi connectivity index (χ3n) is 1.63. The lowest BCUT2D eigenvalue weighted by atomic mass is 10.1. The van der Waals surface area contributed by atoms with Crippen LogP contribution in [0.15, 0.2) is 11.6 Å². The second-order valence-electron chi connectivity index (χ2n) is 2.63. The van der Waals surface area contributed by atoms with E-state index in [-0.39, 0.29) is 0 Å². The van der Waals surface area contributed by atoms with Gasteiger partial charge in [0.05, 0.1) is 12.1 Å². The summed E-state index contributed by atoms with van der Waals surface area (Å²) in [5.41, 5.74) is 5.52. The van der Waals surface area contributed by atoms with Gasteiger partial charge in [-0.25, -0.2) is 4.98 Å². The molecule has 1 aromatic heterocycles. The fraction of sp³-hybridized carbons (Fsp3) is 0.571. The average molecular weight is 188 g/mol. The summed E-state index contributed by atoms with van der Waals surface area (Å²) < 4.78 is 0. The first-order valence-corrected chi connectivity index (χ1v) is 4.52. The van der Waals surface area contributed by atoms with Crippen LogP contribution in [0.5, 0.6) is 0 Å². The summed E-state index contributed by atoms with van der Waals surface area (Å²) in [4.78, 5) is 3.90. The van der Waals surface area contributed by atoms with Crippen LogP contribution in [0.25, 0.3) is 0 Å². The number of aliphatic hydroxyl groups is 2. The molecule has 1 rings (SSSR count). The molecule has 0 radical (unpaired) electrons. The smallest absolute Gasteiger partial charge is 0.123 e. The minimum absolute atomic E-state index is 0.545. The van der Waals surface area contributed by atoms with Crippen LogP contribution in [0.1, 0.15) is 18.0 Å². The Morgan fingerprint density at radius 2 is 2.25 bits per heavy atom. The van der Waals surface area contributed by atoms with Gasteiger partial charge in [-0.1, -0.05) is 0 Å². The van der Waals surface area contributed by atoms with E-state index < -0.39 is 18.2 Å². The zero-order chi connectivity index (χ0) is 9.14. The Morgan fingerprint density at radius 1 is 1.58 bits per heavy atom. The number of aromatic nitrogens is 1. The molecule has 4 nitrogen and oxygen atoms in total. The Morgan fingerprint density at radius 3 is 2.67 bits per heavy atom. The van der Waals surface area contributed by atoms with Crippen LogP contribution in [0.4, 0.5) is 0 Å². The Kier molecular flexibility index (Phi) is 3.16. The molecule has 0 saturated carbocycles. The van der Waals surface area contributed by atoms with Crippen molar-refractivity contribution < 1.29 is 10.2 Å². The van der Waals surface area contributed by atoms with E-state index in [4.69, 9.17) is 10.8 Å². The van der Waals surface area contributed by atoms with Gasteiger partial charge in [0.1, 0.15) is 11.1 Å². The standard InChI is InChI=1S/C7H12N2O2S/c1-4(10)5(8)6(11)7-9-2-3-12-7/h2-6,10-11H,8H2,1H3/t4-,5+,6+/m1/s1. The van der Waals surface area contributed by atoms with Gasteiger partial charge in [-0.05, 0) is 6.92 Å². The van der Waals surface area contributed by atoms with Crippen molar-refractivity contribution in [2.45, 2.75) is 25.2 Å². The van der Waals surface area contributed by atoms with E-state index in [1.54, 1.807) is 18.5 Å². The van der Waals surface area contributed by atoms with E-state index in [0.29, 0.717) is 5.01 Å². The monoisotopic (exact) mass is 188 g/mol. The minimum Gasteiger partial charge on any atom is -0.392 e. The molecule has 12 heavy (non-hydrogen) atoms. The summed E-state index contributed by atoms with van der Waals surface area (Å²) in [6, 6.07) is -0.670. The van der Waals surface area contributed by atoms with Gasteiger partial charge in [-0.2, -0.15) is 0 Å². The lowest BCUT2D eigenvalue weighted by molar-refractivity contribution is 0.0648. The molecule has 1 aromatic rings. The van der Waals surface area contributed by atoms with Crippen molar-refractivity contribution in [3.05, 3.63) is 16.6 Å². The van der Waals surface area contributed by atoms with Crippen molar-refractivity contribution in [2.75, 3.05) is 0 Å². The molecular weight excluding hydrogens is 176 g/mol. The van der Waals surface area contributed by atoms with Crippen LogP contribution in [0.3, 0.4) is 0 Å². The predicted molar refractivity (Wildman–Crippen MR) is 46.7 cm³/mol. The first-order valence-electron chi connectivity index (χ1n) is 3.64. The van der Waals surface area contributed by atoms with Crippen LogP contribution < -0.4 is 5.73 Å². The lowest BCUT2D eigenvalue weighted by Crippen LogP contribution is -2.38. The second kappa shape index (κ2) is 3.95. The fourth-order valence-electron chi connectivity index (χ4n) is 0.809. The zero-order valence-corrected chi connectivity index (χ0v) is 7.53. The molecule has 0 fully saturated rings. The number of rotatable bonds is 3. The summed E-state index contributed by atoms with van der Waals surface area (Å²) in [5.74, 6) is 0. The number of aliphatic hydroxyl groups excluding tert-OH is 2. The van der Waals surface area contributed by atoms with Gasteiger partial charge >= 0.3 is 0 Å². The van der Waals surface area contributed by atoms with Gasteiger partial charge in [0.2, 0.25) is 0 Å². The maximum absolute atomic E-state index is 9.51. The Bertz CT molecular complexity index is 225.